The van der Waals surface area contributed by atoms with Crippen molar-refractivity contribution in [3.63, 3.8) is 0 Å². The minimum absolute atomic E-state index is 0.167. The summed E-state index contributed by atoms with van der Waals surface area (Å²) in [6.45, 7) is 0. The van der Waals surface area contributed by atoms with Crippen LogP contribution >= 0.6 is 0 Å². The number of rotatable bonds is 1. The minimum Gasteiger partial charge on any atom is -0.271 e. The Hall–Kier alpha value is -0.820. The summed E-state index contributed by atoms with van der Waals surface area (Å²) in [5.74, 6) is 5.12. The zero-order valence-electron chi connectivity index (χ0n) is 4.46. The first-order valence-corrected chi connectivity index (χ1v) is 2.49. The fourth-order valence-corrected chi connectivity index (χ4v) is 0.549. The second-order valence-corrected chi connectivity index (χ2v) is 1.58. The van der Waals surface area contributed by atoms with E-state index in [-0.39, 0.29) is 6.04 Å². The molecule has 42 valence electrons. The first kappa shape index (κ1) is 5.32. The van der Waals surface area contributed by atoms with Crippen molar-refractivity contribution in [3.05, 3.63) is 30.0 Å². The van der Waals surface area contributed by atoms with Crippen LogP contribution in [0.15, 0.2) is 30.0 Å². The Morgan fingerprint density at radius 1 is 1.62 bits per heavy atom. The van der Waals surface area contributed by atoms with Crippen molar-refractivity contribution in [2.45, 2.75) is 6.04 Å². The van der Waals surface area contributed by atoms with Crippen LogP contribution in [0.5, 0.6) is 0 Å². The lowest BCUT2D eigenvalue weighted by atomic mass is 10.2. The molecule has 0 radical (unpaired) electrons. The molecule has 0 amide bonds. The smallest absolute Gasteiger partial charge is 0.0648 e. The molecule has 0 saturated heterocycles. The molecule has 1 rings (SSSR count). The van der Waals surface area contributed by atoms with Crippen LogP contribution in [0.3, 0.4) is 0 Å². The molecule has 0 aromatic rings. The number of hydrogen-bond donors (Lipinski definition) is 2. The van der Waals surface area contributed by atoms with Gasteiger partial charge in [-0.2, -0.15) is 0 Å². The Labute approximate surface area is 48.3 Å². The van der Waals surface area contributed by atoms with Gasteiger partial charge in [0.25, 0.3) is 0 Å². The monoisotopic (exact) mass is 108 g/mol. The van der Waals surface area contributed by atoms with Crippen molar-refractivity contribution in [2.24, 2.45) is 5.84 Å². The van der Waals surface area contributed by atoms with E-state index in [1.54, 1.807) is 0 Å². The number of hydrazine groups is 1. The molecule has 0 spiro atoms. The molecule has 3 N–H and O–H groups in total. The van der Waals surface area contributed by atoms with Gasteiger partial charge in [0, 0.05) is 0 Å². The fraction of sp³-hybridized carbons (Fsp3) is 0.167. The Balaban J connectivity index is 2.62. The van der Waals surface area contributed by atoms with E-state index in [4.69, 9.17) is 5.84 Å². The minimum atomic E-state index is 0.167. The van der Waals surface area contributed by atoms with Gasteiger partial charge in [-0.25, -0.2) is 5.43 Å². The molecule has 2 nitrogen and oxygen atoms in total. The van der Waals surface area contributed by atoms with Crippen molar-refractivity contribution in [1.29, 1.82) is 0 Å². The molecular formula is C6H8N2. The summed E-state index contributed by atoms with van der Waals surface area (Å²) in [5.41, 5.74) is 5.49. The predicted molar refractivity (Wildman–Crippen MR) is 32.9 cm³/mol. The highest BCUT2D eigenvalue weighted by atomic mass is 15.2. The van der Waals surface area contributed by atoms with Gasteiger partial charge < -0.3 is 0 Å². The molecule has 0 saturated carbocycles. The highest BCUT2D eigenvalue weighted by Gasteiger charge is 1.93. The zero-order chi connectivity index (χ0) is 5.82. The largest absolute Gasteiger partial charge is 0.271 e. The molecule has 0 aromatic heterocycles. The van der Waals surface area contributed by atoms with Crippen molar-refractivity contribution in [1.82, 2.24) is 5.43 Å². The summed E-state index contributed by atoms with van der Waals surface area (Å²) in [6, 6.07) is 0.167. The number of hydrogen-bond acceptors (Lipinski definition) is 2. The molecule has 0 aromatic carbocycles. The van der Waals surface area contributed by atoms with Gasteiger partial charge in [0.2, 0.25) is 0 Å². The third-order valence-corrected chi connectivity index (χ3v) is 0.979. The van der Waals surface area contributed by atoms with Gasteiger partial charge in [-0.05, 0) is 12.2 Å². The summed E-state index contributed by atoms with van der Waals surface area (Å²) in [7, 11) is 0. The lowest BCUT2D eigenvalue weighted by Gasteiger charge is -2.03. The summed E-state index contributed by atoms with van der Waals surface area (Å²) in [5, 5.41) is 0. The quantitative estimate of drug-likeness (QED) is 0.284. The number of nitrogens with two attached hydrogens (primary N) is 1. The molecule has 8 heavy (non-hydrogen) atoms. The topological polar surface area (TPSA) is 38.0 Å². The molecule has 1 aliphatic rings. The lowest BCUT2D eigenvalue weighted by molar-refractivity contribution is 0.718. The average molecular weight is 108 g/mol. The van der Waals surface area contributed by atoms with Crippen molar-refractivity contribution in [3.8, 4) is 0 Å². The molecule has 0 bridgehead atoms. The first-order chi connectivity index (χ1) is 3.93. The SMILES string of the molecule is NNC1C=C=CC=C1. The maximum atomic E-state index is 5.12. The summed E-state index contributed by atoms with van der Waals surface area (Å²) >= 11 is 0. The van der Waals surface area contributed by atoms with E-state index in [0.717, 1.165) is 0 Å². The third kappa shape index (κ3) is 1.07. The van der Waals surface area contributed by atoms with Gasteiger partial charge >= 0.3 is 0 Å². The standard InChI is InChI=1S/C6H8N2/c7-8-6-4-2-1-3-5-6/h1-2,4-6,8H,7H2. The van der Waals surface area contributed by atoms with E-state index in [1.807, 2.05) is 24.3 Å². The maximum absolute atomic E-state index is 5.12. The molecule has 1 aliphatic carbocycles. The molecular weight excluding hydrogens is 100 g/mol. The molecule has 0 aliphatic heterocycles. The van der Waals surface area contributed by atoms with Gasteiger partial charge in [-0.1, -0.05) is 12.2 Å². The van der Waals surface area contributed by atoms with Crippen LogP contribution in [-0.2, 0) is 0 Å². The highest BCUT2D eigenvalue weighted by Crippen LogP contribution is 1.91. The van der Waals surface area contributed by atoms with E-state index in [2.05, 4.69) is 11.2 Å². The molecule has 1 atom stereocenters. The summed E-state index contributed by atoms with van der Waals surface area (Å²) < 4.78 is 0. The van der Waals surface area contributed by atoms with Gasteiger partial charge in [-0.3, -0.25) is 5.84 Å². The van der Waals surface area contributed by atoms with E-state index < -0.39 is 0 Å². The van der Waals surface area contributed by atoms with E-state index in [1.165, 1.54) is 0 Å². The summed E-state index contributed by atoms with van der Waals surface area (Å²) in [6.07, 6.45) is 7.56. The second-order valence-electron chi connectivity index (χ2n) is 1.58. The first-order valence-electron chi connectivity index (χ1n) is 2.49. The average Bonchev–Trinajstić information content (AvgIpc) is 1.90. The maximum Gasteiger partial charge on any atom is 0.0648 e. The van der Waals surface area contributed by atoms with Crippen LogP contribution in [0.2, 0.25) is 0 Å². The van der Waals surface area contributed by atoms with Gasteiger partial charge in [-0.15, -0.1) is 5.73 Å². The third-order valence-electron chi connectivity index (χ3n) is 0.979. The van der Waals surface area contributed by atoms with Crippen LogP contribution in [0, 0.1) is 0 Å². The Morgan fingerprint density at radius 2 is 2.50 bits per heavy atom. The number of nitrogens with one attached hydrogen (secondary N) is 1. The molecule has 0 fully saturated rings. The van der Waals surface area contributed by atoms with Crippen molar-refractivity contribution < 1.29 is 0 Å². The normalized spacial score (nSPS) is 24.4. The Kier molecular flexibility index (Phi) is 1.65. The second kappa shape index (κ2) is 2.48. The van der Waals surface area contributed by atoms with Gasteiger partial charge in [0.05, 0.1) is 6.04 Å². The summed E-state index contributed by atoms with van der Waals surface area (Å²) in [4.78, 5) is 0. The van der Waals surface area contributed by atoms with Crippen LogP contribution < -0.4 is 11.3 Å². The van der Waals surface area contributed by atoms with Crippen molar-refractivity contribution in [2.75, 3.05) is 0 Å². The molecule has 2 heteroatoms. The zero-order valence-corrected chi connectivity index (χ0v) is 4.46. The van der Waals surface area contributed by atoms with E-state index in [9.17, 15) is 0 Å². The van der Waals surface area contributed by atoms with Crippen LogP contribution in [0.1, 0.15) is 0 Å². The lowest BCUT2D eigenvalue weighted by Crippen LogP contribution is -2.31. The molecule has 0 heterocycles. The van der Waals surface area contributed by atoms with Crippen LogP contribution in [0.25, 0.3) is 0 Å². The van der Waals surface area contributed by atoms with Crippen LogP contribution in [0.4, 0.5) is 0 Å². The highest BCUT2D eigenvalue weighted by molar-refractivity contribution is 5.16. The predicted octanol–water partition coefficient (Wildman–Crippen LogP) is 0.0994. The van der Waals surface area contributed by atoms with Gasteiger partial charge in [0.15, 0.2) is 0 Å². The van der Waals surface area contributed by atoms with Crippen molar-refractivity contribution >= 4 is 0 Å². The fourth-order valence-electron chi connectivity index (χ4n) is 0.549. The van der Waals surface area contributed by atoms with Gasteiger partial charge in [0.1, 0.15) is 0 Å². The molecule has 1 unspecified atom stereocenters. The Bertz CT molecular complexity index is 152. The Morgan fingerprint density at radius 3 is 2.88 bits per heavy atom. The number of allylic oxidation sites excluding steroid dienone is 1. The van der Waals surface area contributed by atoms with E-state index in [0.29, 0.717) is 0 Å². The van der Waals surface area contributed by atoms with Crippen LogP contribution in [-0.4, -0.2) is 6.04 Å². The van der Waals surface area contributed by atoms with E-state index >= 15 is 0 Å².